The van der Waals surface area contributed by atoms with Gasteiger partial charge in [0, 0.05) is 0 Å². The van der Waals surface area contributed by atoms with Crippen molar-refractivity contribution in [3.63, 3.8) is 0 Å². The maximum atomic E-state index is 12.0. The highest BCUT2D eigenvalue weighted by Crippen LogP contribution is 2.50. The number of esters is 1. The molecule has 0 spiro atoms. The highest BCUT2D eigenvalue weighted by Gasteiger charge is 2.29. The number of rotatable bonds is 6. The number of hydrogen-bond donors (Lipinski definition) is 1. The predicted molar refractivity (Wildman–Crippen MR) is 70.5 cm³/mol. The van der Waals surface area contributed by atoms with Crippen LogP contribution in [0.2, 0.25) is 0 Å². The average Bonchev–Trinajstić information content (AvgIpc) is 2.29. The van der Waals surface area contributed by atoms with E-state index in [4.69, 9.17) is 20.5 Å². The largest absolute Gasteiger partial charge is 0.465 e. The van der Waals surface area contributed by atoms with Gasteiger partial charge in [-0.1, -0.05) is 24.3 Å². The maximum Gasteiger partial charge on any atom is 0.361 e. The molecule has 0 saturated carbocycles. The van der Waals surface area contributed by atoms with E-state index >= 15 is 0 Å². The lowest BCUT2D eigenvalue weighted by molar-refractivity contribution is -0.144. The normalized spacial score (nSPS) is 23.4. The van der Waals surface area contributed by atoms with Crippen LogP contribution >= 0.6 is 18.1 Å². The summed E-state index contributed by atoms with van der Waals surface area (Å²) in [5.41, 5.74) is 0. The third-order valence-corrected chi connectivity index (χ3v) is 3.97. The Morgan fingerprint density at radius 1 is 1.61 bits per heavy atom. The van der Waals surface area contributed by atoms with Crippen molar-refractivity contribution >= 4 is 24.1 Å². The van der Waals surface area contributed by atoms with Gasteiger partial charge in [0.05, 0.1) is 12.7 Å². The highest BCUT2D eigenvalue weighted by atomic mass is 35.7. The van der Waals surface area contributed by atoms with Crippen LogP contribution in [-0.2, 0) is 18.6 Å². The average molecular weight is 294 g/mol. The molecule has 7 heteroatoms. The molecule has 0 aliphatic heterocycles. The van der Waals surface area contributed by atoms with Gasteiger partial charge >= 0.3 is 12.8 Å². The molecule has 0 aromatic carbocycles. The minimum Gasteiger partial charge on any atom is -0.465 e. The molecule has 0 amide bonds. The van der Waals surface area contributed by atoms with Crippen LogP contribution < -0.4 is 5.09 Å². The van der Waals surface area contributed by atoms with Gasteiger partial charge < -0.3 is 4.74 Å². The summed E-state index contributed by atoms with van der Waals surface area (Å²) in [6.07, 6.45) is 7.55. The summed E-state index contributed by atoms with van der Waals surface area (Å²) >= 11 is 5.77. The maximum absolute atomic E-state index is 12.0. The molecule has 1 N–H and O–H groups in total. The van der Waals surface area contributed by atoms with E-state index in [1.54, 1.807) is 19.1 Å². The van der Waals surface area contributed by atoms with E-state index in [9.17, 15) is 9.36 Å². The van der Waals surface area contributed by atoms with E-state index in [0.717, 1.165) is 0 Å². The molecule has 1 rings (SSSR count). The molecule has 0 saturated heterocycles. The number of carbonyl (C=O) groups excluding carboxylic acids is 1. The summed E-state index contributed by atoms with van der Waals surface area (Å²) in [7, 11) is 0. The van der Waals surface area contributed by atoms with Crippen LogP contribution in [0.1, 0.15) is 20.3 Å². The molecule has 1 aliphatic carbocycles. The number of hydrogen-bond acceptors (Lipinski definition) is 4. The van der Waals surface area contributed by atoms with Crippen LogP contribution in [0.3, 0.4) is 0 Å². The second kappa shape index (κ2) is 7.10. The zero-order chi connectivity index (χ0) is 13.6. The van der Waals surface area contributed by atoms with Gasteiger partial charge in [0.1, 0.15) is 6.04 Å². The smallest absolute Gasteiger partial charge is 0.361 e. The van der Waals surface area contributed by atoms with Gasteiger partial charge in [0.2, 0.25) is 0 Å². The van der Waals surface area contributed by atoms with E-state index in [-0.39, 0.29) is 12.7 Å². The number of ether oxygens (including phenoxy) is 1. The quantitative estimate of drug-likeness (QED) is 0.602. The van der Waals surface area contributed by atoms with Crippen molar-refractivity contribution in [2.75, 3.05) is 6.61 Å². The van der Waals surface area contributed by atoms with Gasteiger partial charge in [-0.05, 0) is 31.5 Å². The first-order valence-electron chi connectivity index (χ1n) is 5.70. The van der Waals surface area contributed by atoms with Crippen LogP contribution in [0.5, 0.6) is 0 Å². The van der Waals surface area contributed by atoms with Gasteiger partial charge in [0.25, 0.3) is 0 Å². The van der Waals surface area contributed by atoms with E-state index in [1.165, 1.54) is 6.92 Å². The predicted octanol–water partition coefficient (Wildman–Crippen LogP) is 2.78. The third kappa shape index (κ3) is 5.36. The SMILES string of the molecule is CCOC(=O)C(C)NP(=O)(Cl)OC1C=CC=CC1. The van der Waals surface area contributed by atoms with Gasteiger partial charge in [-0.3, -0.25) is 13.9 Å². The van der Waals surface area contributed by atoms with Gasteiger partial charge in [-0.25, -0.2) is 5.09 Å². The Morgan fingerprint density at radius 2 is 2.33 bits per heavy atom. The van der Waals surface area contributed by atoms with Crippen LogP contribution in [-0.4, -0.2) is 24.7 Å². The molecule has 0 fully saturated rings. The second-order valence-electron chi connectivity index (χ2n) is 3.78. The standard InChI is InChI=1S/C11H17ClNO4P/c1-3-16-11(14)9(2)13-18(12,15)17-10-7-5-4-6-8-10/h4-7,9-10H,3,8H2,1-2H3,(H,13,15). The molecule has 0 radical (unpaired) electrons. The van der Waals surface area contributed by atoms with E-state index in [2.05, 4.69) is 5.09 Å². The Bertz CT molecular complexity index is 397. The molecular weight excluding hydrogens is 277 g/mol. The Labute approximate surface area is 111 Å². The van der Waals surface area contributed by atoms with Crippen molar-refractivity contribution in [3.8, 4) is 0 Å². The number of carbonyl (C=O) groups is 1. The summed E-state index contributed by atoms with van der Waals surface area (Å²) in [6.45, 7) is -0.0842. The fourth-order valence-electron chi connectivity index (χ4n) is 1.39. The first-order chi connectivity index (χ1) is 8.44. The summed E-state index contributed by atoms with van der Waals surface area (Å²) in [5.74, 6) is -0.513. The van der Waals surface area contributed by atoms with Crippen molar-refractivity contribution in [2.24, 2.45) is 0 Å². The molecule has 0 bridgehead atoms. The molecular formula is C11H17ClNO4P. The minimum atomic E-state index is -3.56. The van der Waals surface area contributed by atoms with Crippen molar-refractivity contribution in [1.82, 2.24) is 5.09 Å². The lowest BCUT2D eigenvalue weighted by Gasteiger charge is -2.21. The Balaban J connectivity index is 2.48. The number of nitrogens with one attached hydrogen (secondary N) is 1. The van der Waals surface area contributed by atoms with E-state index < -0.39 is 18.9 Å². The first kappa shape index (κ1) is 15.4. The summed E-state index contributed by atoms with van der Waals surface area (Å²) in [6, 6.07) is -0.781. The Hall–Kier alpha value is -0.610. The zero-order valence-corrected chi connectivity index (χ0v) is 12.0. The molecule has 0 aromatic heterocycles. The Morgan fingerprint density at radius 3 is 2.89 bits per heavy atom. The molecule has 102 valence electrons. The lowest BCUT2D eigenvalue weighted by atomic mass is 10.1. The number of allylic oxidation sites excluding steroid dienone is 2. The molecule has 3 unspecified atom stereocenters. The zero-order valence-electron chi connectivity index (χ0n) is 10.3. The van der Waals surface area contributed by atoms with Gasteiger partial charge in [-0.15, -0.1) is 0 Å². The van der Waals surface area contributed by atoms with Crippen molar-refractivity contribution in [3.05, 3.63) is 24.3 Å². The van der Waals surface area contributed by atoms with Crippen molar-refractivity contribution in [1.29, 1.82) is 0 Å². The molecule has 3 atom stereocenters. The van der Waals surface area contributed by atoms with Crippen LogP contribution in [0.4, 0.5) is 0 Å². The van der Waals surface area contributed by atoms with Gasteiger partial charge in [0.15, 0.2) is 0 Å². The number of halogens is 1. The minimum absolute atomic E-state index is 0.258. The van der Waals surface area contributed by atoms with Crippen molar-refractivity contribution < 1.29 is 18.6 Å². The van der Waals surface area contributed by atoms with Crippen LogP contribution in [0.15, 0.2) is 24.3 Å². The fraction of sp³-hybridized carbons (Fsp3) is 0.545. The topological polar surface area (TPSA) is 64.6 Å². The monoisotopic (exact) mass is 293 g/mol. The second-order valence-corrected chi connectivity index (χ2v) is 6.54. The van der Waals surface area contributed by atoms with Crippen molar-refractivity contribution in [2.45, 2.75) is 32.4 Å². The third-order valence-electron chi connectivity index (χ3n) is 2.20. The Kier molecular flexibility index (Phi) is 6.09. The molecule has 1 aliphatic rings. The fourth-order valence-corrected chi connectivity index (χ4v) is 3.27. The molecule has 0 aromatic rings. The molecule has 0 heterocycles. The summed E-state index contributed by atoms with van der Waals surface area (Å²) in [5, 5.41) is 2.45. The summed E-state index contributed by atoms with van der Waals surface area (Å²) < 4.78 is 22.0. The molecule has 18 heavy (non-hydrogen) atoms. The van der Waals surface area contributed by atoms with Gasteiger partial charge in [-0.2, -0.15) is 0 Å². The van der Waals surface area contributed by atoms with Crippen LogP contribution in [0, 0.1) is 0 Å². The first-order valence-corrected chi connectivity index (χ1v) is 8.23. The summed E-state index contributed by atoms with van der Waals surface area (Å²) in [4.78, 5) is 11.4. The van der Waals surface area contributed by atoms with Crippen LogP contribution in [0.25, 0.3) is 0 Å². The highest BCUT2D eigenvalue weighted by molar-refractivity contribution is 7.83. The lowest BCUT2D eigenvalue weighted by Crippen LogP contribution is -2.33. The van der Waals surface area contributed by atoms with E-state index in [1.807, 2.05) is 12.2 Å². The van der Waals surface area contributed by atoms with E-state index in [0.29, 0.717) is 6.42 Å². The molecule has 5 nitrogen and oxygen atoms in total.